The van der Waals surface area contributed by atoms with Crippen LogP contribution < -0.4 is 5.73 Å². The van der Waals surface area contributed by atoms with E-state index in [2.05, 4.69) is 0 Å². The van der Waals surface area contributed by atoms with Crippen LogP contribution in [0.4, 0.5) is 5.69 Å². The van der Waals surface area contributed by atoms with Crippen LogP contribution in [0.1, 0.15) is 23.2 Å². The molecule has 0 aliphatic heterocycles. The first-order valence-electron chi connectivity index (χ1n) is 5.69. The largest absolute Gasteiger partial charge is 0.397 e. The van der Waals surface area contributed by atoms with Crippen LogP contribution in [-0.2, 0) is 0 Å². The minimum Gasteiger partial charge on any atom is -0.397 e. The lowest BCUT2D eigenvalue weighted by Gasteiger charge is -2.21. The van der Waals surface area contributed by atoms with E-state index in [1.165, 1.54) is 4.90 Å². The van der Waals surface area contributed by atoms with E-state index in [0.717, 1.165) is 0 Å². The Hall–Kier alpha value is -2.24. The van der Waals surface area contributed by atoms with E-state index in [9.17, 15) is 4.79 Å². The van der Waals surface area contributed by atoms with Crippen molar-refractivity contribution >= 4 is 23.2 Å². The lowest BCUT2D eigenvalue weighted by Crippen LogP contribution is -2.33. The van der Waals surface area contributed by atoms with E-state index in [0.29, 0.717) is 10.6 Å². The Morgan fingerprint density at radius 2 is 1.84 bits per heavy atom. The van der Waals surface area contributed by atoms with Gasteiger partial charge in [0.15, 0.2) is 0 Å². The molecular formula is C13H13ClN4O. The highest BCUT2D eigenvalue weighted by atomic mass is 35.5. The van der Waals surface area contributed by atoms with Crippen LogP contribution in [0.15, 0.2) is 18.2 Å². The molecule has 0 saturated heterocycles. The molecule has 0 atom stereocenters. The van der Waals surface area contributed by atoms with E-state index in [-0.39, 0.29) is 37.5 Å². The van der Waals surface area contributed by atoms with Crippen LogP contribution in [0.25, 0.3) is 0 Å². The van der Waals surface area contributed by atoms with Crippen LogP contribution in [0.3, 0.4) is 0 Å². The third kappa shape index (κ3) is 3.87. The first kappa shape index (κ1) is 14.8. The van der Waals surface area contributed by atoms with Crippen LogP contribution in [0.2, 0.25) is 5.02 Å². The number of hydrogen-bond acceptors (Lipinski definition) is 4. The molecule has 98 valence electrons. The summed E-state index contributed by atoms with van der Waals surface area (Å²) < 4.78 is 0. The van der Waals surface area contributed by atoms with Crippen molar-refractivity contribution in [1.82, 2.24) is 4.90 Å². The zero-order chi connectivity index (χ0) is 14.3. The Morgan fingerprint density at radius 1 is 1.26 bits per heavy atom. The molecule has 0 heterocycles. The molecule has 2 N–H and O–H groups in total. The Kier molecular flexibility index (Phi) is 5.66. The average Bonchev–Trinajstić information content (AvgIpc) is 2.41. The number of carbonyl (C=O) groups excluding carboxylic acids is 1. The number of halogens is 1. The Labute approximate surface area is 116 Å². The van der Waals surface area contributed by atoms with Gasteiger partial charge in [0.2, 0.25) is 0 Å². The lowest BCUT2D eigenvalue weighted by molar-refractivity contribution is 0.0763. The smallest absolute Gasteiger partial charge is 0.256 e. The maximum Gasteiger partial charge on any atom is 0.256 e. The summed E-state index contributed by atoms with van der Waals surface area (Å²) in [6.07, 6.45) is 0.412. The molecule has 1 rings (SSSR count). The zero-order valence-corrected chi connectivity index (χ0v) is 11.0. The van der Waals surface area contributed by atoms with Crippen molar-refractivity contribution < 1.29 is 4.79 Å². The highest BCUT2D eigenvalue weighted by Gasteiger charge is 2.18. The van der Waals surface area contributed by atoms with E-state index in [1.54, 1.807) is 18.2 Å². The van der Waals surface area contributed by atoms with Crippen LogP contribution in [0, 0.1) is 22.7 Å². The molecule has 0 aromatic heterocycles. The molecule has 6 heteroatoms. The average molecular weight is 277 g/mol. The number of nitrogen functional groups attached to an aromatic ring is 1. The van der Waals surface area contributed by atoms with E-state index in [1.807, 2.05) is 12.1 Å². The molecule has 0 aliphatic rings. The number of carbonyl (C=O) groups is 1. The fraction of sp³-hybridized carbons (Fsp3) is 0.308. The van der Waals surface area contributed by atoms with E-state index < -0.39 is 0 Å². The number of hydrogen-bond donors (Lipinski definition) is 1. The van der Waals surface area contributed by atoms with E-state index >= 15 is 0 Å². The molecule has 0 bridgehead atoms. The standard InChI is InChI=1S/C13H13ClN4O/c14-11-5-1-4-10(12(11)17)13(19)18(8-2-6-15)9-3-7-16/h1,4-5H,2-3,8-9,17H2. The second-order valence-electron chi connectivity index (χ2n) is 3.81. The topological polar surface area (TPSA) is 93.9 Å². The normalized spacial score (nSPS) is 9.42. The van der Waals surface area contributed by atoms with Gasteiger partial charge < -0.3 is 10.6 Å². The number of benzene rings is 1. The van der Waals surface area contributed by atoms with Gasteiger partial charge in [0.1, 0.15) is 0 Å². The molecule has 0 saturated carbocycles. The zero-order valence-electron chi connectivity index (χ0n) is 10.3. The van der Waals surface area contributed by atoms with Gasteiger partial charge in [-0.2, -0.15) is 10.5 Å². The molecule has 5 nitrogen and oxygen atoms in total. The summed E-state index contributed by atoms with van der Waals surface area (Å²) in [5.41, 5.74) is 6.28. The molecule has 19 heavy (non-hydrogen) atoms. The molecule has 0 aliphatic carbocycles. The monoisotopic (exact) mass is 276 g/mol. The van der Waals surface area contributed by atoms with Gasteiger partial charge >= 0.3 is 0 Å². The minimum atomic E-state index is -0.314. The molecular weight excluding hydrogens is 264 g/mol. The highest BCUT2D eigenvalue weighted by molar-refractivity contribution is 6.33. The van der Waals surface area contributed by atoms with Gasteiger partial charge in [0.05, 0.1) is 41.3 Å². The first-order valence-corrected chi connectivity index (χ1v) is 6.06. The summed E-state index contributed by atoms with van der Waals surface area (Å²) in [5.74, 6) is -0.314. The summed E-state index contributed by atoms with van der Waals surface area (Å²) in [5, 5.41) is 17.5. The second kappa shape index (κ2) is 7.25. The van der Waals surface area contributed by atoms with Crippen molar-refractivity contribution in [2.45, 2.75) is 12.8 Å². The molecule has 0 spiro atoms. The molecule has 1 aromatic rings. The Balaban J connectivity index is 2.95. The number of anilines is 1. The molecule has 0 unspecified atom stereocenters. The van der Waals surface area contributed by atoms with Crippen molar-refractivity contribution in [3.05, 3.63) is 28.8 Å². The summed E-state index contributed by atoms with van der Waals surface area (Å²) in [4.78, 5) is 13.7. The van der Waals surface area contributed by atoms with Gasteiger partial charge in [-0.05, 0) is 12.1 Å². The van der Waals surface area contributed by atoms with Gasteiger partial charge in [0, 0.05) is 13.1 Å². The van der Waals surface area contributed by atoms with Gasteiger partial charge in [-0.15, -0.1) is 0 Å². The van der Waals surface area contributed by atoms with E-state index in [4.69, 9.17) is 27.9 Å². The predicted octanol–water partition coefficient (Wildman–Crippen LogP) is 2.19. The van der Waals surface area contributed by atoms with Crippen molar-refractivity contribution in [3.63, 3.8) is 0 Å². The number of rotatable bonds is 5. The molecule has 1 aromatic carbocycles. The quantitative estimate of drug-likeness (QED) is 0.834. The number of nitriles is 2. The maximum atomic E-state index is 12.3. The third-order valence-corrected chi connectivity index (χ3v) is 2.89. The van der Waals surface area contributed by atoms with Gasteiger partial charge in [-0.1, -0.05) is 17.7 Å². The molecule has 0 radical (unpaired) electrons. The van der Waals surface area contributed by atoms with Crippen molar-refractivity contribution in [2.24, 2.45) is 0 Å². The third-order valence-electron chi connectivity index (χ3n) is 2.56. The fourth-order valence-corrected chi connectivity index (χ4v) is 1.75. The molecule has 0 fully saturated rings. The van der Waals surface area contributed by atoms with Crippen molar-refractivity contribution in [1.29, 1.82) is 10.5 Å². The minimum absolute atomic E-state index is 0.206. The number of nitrogens with two attached hydrogens (primary N) is 1. The second-order valence-corrected chi connectivity index (χ2v) is 4.22. The van der Waals surface area contributed by atoms with Gasteiger partial charge in [-0.3, -0.25) is 4.79 Å². The number of nitrogens with zero attached hydrogens (tertiary/aromatic N) is 3. The van der Waals surface area contributed by atoms with Crippen molar-refractivity contribution in [3.8, 4) is 12.1 Å². The van der Waals surface area contributed by atoms with Gasteiger partial charge in [-0.25, -0.2) is 0 Å². The first-order chi connectivity index (χ1) is 9.11. The number of para-hydroxylation sites is 1. The fourth-order valence-electron chi connectivity index (χ4n) is 1.58. The Bertz CT molecular complexity index is 527. The van der Waals surface area contributed by atoms with Crippen LogP contribution >= 0.6 is 11.6 Å². The number of amides is 1. The maximum absolute atomic E-state index is 12.3. The summed E-state index contributed by atoms with van der Waals surface area (Å²) in [6.45, 7) is 0.534. The SMILES string of the molecule is N#CCCN(CCC#N)C(=O)c1cccc(Cl)c1N. The van der Waals surface area contributed by atoms with Crippen LogP contribution in [-0.4, -0.2) is 23.9 Å². The Morgan fingerprint density at radius 3 is 2.37 bits per heavy atom. The summed E-state index contributed by atoms with van der Waals surface area (Å²) in [7, 11) is 0. The van der Waals surface area contributed by atoms with Crippen molar-refractivity contribution in [2.75, 3.05) is 18.8 Å². The van der Waals surface area contributed by atoms with Gasteiger partial charge in [0.25, 0.3) is 5.91 Å². The summed E-state index contributed by atoms with van der Waals surface area (Å²) >= 11 is 5.87. The summed E-state index contributed by atoms with van der Waals surface area (Å²) in [6, 6.07) is 8.76. The van der Waals surface area contributed by atoms with Crippen LogP contribution in [0.5, 0.6) is 0 Å². The lowest BCUT2D eigenvalue weighted by atomic mass is 10.1. The predicted molar refractivity (Wildman–Crippen MR) is 72.2 cm³/mol. The molecule has 1 amide bonds. The highest BCUT2D eigenvalue weighted by Crippen LogP contribution is 2.23.